The van der Waals surface area contributed by atoms with Crippen molar-refractivity contribution in [3.8, 4) is 0 Å². The van der Waals surface area contributed by atoms with Gasteiger partial charge in [-0.1, -0.05) is 70.7 Å². The first-order valence-electron chi connectivity index (χ1n) is 11.6. The van der Waals surface area contributed by atoms with Gasteiger partial charge in [-0.2, -0.15) is 0 Å². The molecule has 32 heavy (non-hydrogen) atoms. The summed E-state index contributed by atoms with van der Waals surface area (Å²) in [5.41, 5.74) is 5.88. The van der Waals surface area contributed by atoms with Crippen LogP contribution in [0.15, 0.2) is 54.0 Å². The molecule has 2 aromatic rings. The molecule has 0 saturated carbocycles. The minimum Gasteiger partial charge on any atom is -0.480 e. The Kier molecular flexibility index (Phi) is 9.85. The van der Waals surface area contributed by atoms with E-state index in [-0.39, 0.29) is 12.6 Å². The van der Waals surface area contributed by atoms with Gasteiger partial charge in [-0.05, 0) is 67.3 Å². The van der Waals surface area contributed by atoms with Gasteiger partial charge in [-0.25, -0.2) is 4.31 Å². The molecule has 0 saturated heterocycles. The average molecular weight is 455 g/mol. The predicted molar refractivity (Wildman–Crippen MR) is 136 cm³/mol. The molecule has 1 aliphatic heterocycles. The topological polar surface area (TPSA) is 45.5 Å². The standard InChI is InChI=1S/C25H32N2O2S.C2H6/c1-6-7-8-11-20-18(4)26(16-23(28)29)19(5)24(20)25-21-12-9-10-13-22(21)30-27(25)15-14-17(2)3;1-2/h6-10,12-13,17,25H,1,11,14-16H2,2-5H3,(H,28,29);1-2H3/b8-7-;. The molecule has 0 spiro atoms. The van der Waals surface area contributed by atoms with Crippen LogP contribution in [0.5, 0.6) is 0 Å². The van der Waals surface area contributed by atoms with Crippen molar-refractivity contribution in [1.29, 1.82) is 0 Å². The molecular weight excluding hydrogens is 416 g/mol. The van der Waals surface area contributed by atoms with E-state index in [0.717, 1.165) is 30.8 Å². The van der Waals surface area contributed by atoms with Crippen LogP contribution in [0, 0.1) is 19.8 Å². The van der Waals surface area contributed by atoms with Gasteiger partial charge in [-0.15, -0.1) is 0 Å². The molecule has 1 aliphatic rings. The first-order chi connectivity index (χ1) is 15.3. The third-order valence-corrected chi connectivity index (χ3v) is 6.96. The van der Waals surface area contributed by atoms with E-state index >= 15 is 0 Å². The number of carboxylic acids is 1. The Morgan fingerprint density at radius 2 is 1.91 bits per heavy atom. The molecule has 0 aliphatic carbocycles. The second kappa shape index (κ2) is 12.1. The average Bonchev–Trinajstić information content (AvgIpc) is 3.23. The molecule has 2 heterocycles. The summed E-state index contributed by atoms with van der Waals surface area (Å²) in [5.74, 6) is -0.182. The fourth-order valence-corrected chi connectivity index (χ4v) is 5.43. The first kappa shape index (κ1) is 26.0. The highest BCUT2D eigenvalue weighted by atomic mass is 32.2. The van der Waals surface area contributed by atoms with Crippen molar-refractivity contribution in [2.75, 3.05) is 6.54 Å². The van der Waals surface area contributed by atoms with E-state index < -0.39 is 5.97 Å². The summed E-state index contributed by atoms with van der Waals surface area (Å²) < 4.78 is 4.44. The maximum atomic E-state index is 11.6. The van der Waals surface area contributed by atoms with E-state index in [0.29, 0.717) is 5.92 Å². The summed E-state index contributed by atoms with van der Waals surface area (Å²) in [7, 11) is 0. The monoisotopic (exact) mass is 454 g/mol. The van der Waals surface area contributed by atoms with Gasteiger partial charge in [0.25, 0.3) is 0 Å². The number of aromatic nitrogens is 1. The molecule has 4 nitrogen and oxygen atoms in total. The lowest BCUT2D eigenvalue weighted by Crippen LogP contribution is -2.22. The maximum Gasteiger partial charge on any atom is 0.323 e. The molecular formula is C27H38N2O2S. The predicted octanol–water partition coefficient (Wildman–Crippen LogP) is 6.96. The molecule has 0 fully saturated rings. The maximum absolute atomic E-state index is 11.6. The molecule has 1 aromatic heterocycles. The Hall–Kier alpha value is -2.24. The highest BCUT2D eigenvalue weighted by Gasteiger charge is 2.36. The summed E-state index contributed by atoms with van der Waals surface area (Å²) in [6.07, 6.45) is 7.74. The molecule has 0 bridgehead atoms. The van der Waals surface area contributed by atoms with Crippen molar-refractivity contribution >= 4 is 17.9 Å². The van der Waals surface area contributed by atoms with Crippen molar-refractivity contribution in [3.63, 3.8) is 0 Å². The third kappa shape index (κ3) is 5.76. The van der Waals surface area contributed by atoms with Gasteiger partial charge in [0.15, 0.2) is 0 Å². The second-order valence-electron chi connectivity index (χ2n) is 8.27. The van der Waals surface area contributed by atoms with Crippen LogP contribution < -0.4 is 0 Å². The van der Waals surface area contributed by atoms with Crippen LogP contribution in [-0.4, -0.2) is 26.5 Å². The number of fused-ring (bicyclic) bond motifs is 1. The van der Waals surface area contributed by atoms with Gasteiger partial charge in [0.2, 0.25) is 0 Å². The van der Waals surface area contributed by atoms with Crippen molar-refractivity contribution in [3.05, 3.63) is 77.2 Å². The SMILES string of the molecule is C=C/C=C\Cc1c(C2c3ccccc3SN2CCC(C)C)c(C)n(CC(=O)O)c1C.CC. The van der Waals surface area contributed by atoms with Gasteiger partial charge >= 0.3 is 5.97 Å². The zero-order valence-electron chi connectivity index (χ0n) is 20.4. The van der Waals surface area contributed by atoms with Crippen LogP contribution in [0.2, 0.25) is 0 Å². The van der Waals surface area contributed by atoms with Crippen molar-refractivity contribution in [2.45, 2.75) is 71.9 Å². The van der Waals surface area contributed by atoms with E-state index in [1.54, 1.807) is 6.08 Å². The number of rotatable bonds is 9. The molecule has 174 valence electrons. The van der Waals surface area contributed by atoms with Gasteiger partial charge in [-0.3, -0.25) is 4.79 Å². The van der Waals surface area contributed by atoms with Crippen LogP contribution in [0.25, 0.3) is 0 Å². The first-order valence-corrected chi connectivity index (χ1v) is 12.3. The van der Waals surface area contributed by atoms with E-state index in [1.165, 1.54) is 21.6 Å². The van der Waals surface area contributed by atoms with E-state index in [9.17, 15) is 9.90 Å². The largest absolute Gasteiger partial charge is 0.480 e. The van der Waals surface area contributed by atoms with Gasteiger partial charge in [0, 0.05) is 22.8 Å². The Morgan fingerprint density at radius 1 is 1.22 bits per heavy atom. The number of carbonyl (C=O) groups is 1. The molecule has 0 amide bonds. The number of hydrogen-bond acceptors (Lipinski definition) is 3. The van der Waals surface area contributed by atoms with Gasteiger partial charge in [0.05, 0.1) is 6.04 Å². The quantitative estimate of drug-likeness (QED) is 0.329. The Bertz CT molecular complexity index is 959. The third-order valence-electron chi connectivity index (χ3n) is 5.77. The number of hydrogen-bond donors (Lipinski definition) is 1. The lowest BCUT2D eigenvalue weighted by Gasteiger charge is -2.26. The summed E-state index contributed by atoms with van der Waals surface area (Å²) in [5, 5.41) is 9.49. The highest BCUT2D eigenvalue weighted by Crippen LogP contribution is 2.50. The molecule has 1 atom stereocenters. The van der Waals surface area contributed by atoms with E-state index in [1.807, 2.05) is 43.4 Å². The van der Waals surface area contributed by atoms with Crippen LogP contribution in [-0.2, 0) is 17.8 Å². The van der Waals surface area contributed by atoms with Gasteiger partial charge < -0.3 is 9.67 Å². The molecule has 1 aromatic carbocycles. The Morgan fingerprint density at radius 3 is 2.53 bits per heavy atom. The lowest BCUT2D eigenvalue weighted by molar-refractivity contribution is -0.137. The van der Waals surface area contributed by atoms with Crippen LogP contribution >= 0.6 is 11.9 Å². The Labute approximate surface area is 198 Å². The molecule has 3 rings (SSSR count). The second-order valence-corrected chi connectivity index (χ2v) is 9.36. The number of benzene rings is 1. The minimum absolute atomic E-state index is 0.0106. The number of nitrogens with zero attached hydrogens (tertiary/aromatic N) is 2. The number of allylic oxidation sites excluding steroid dienone is 3. The van der Waals surface area contributed by atoms with Crippen LogP contribution in [0.4, 0.5) is 0 Å². The lowest BCUT2D eigenvalue weighted by atomic mass is 9.93. The summed E-state index contributed by atoms with van der Waals surface area (Å²) in [6, 6.07) is 8.74. The minimum atomic E-state index is -0.811. The number of aliphatic carboxylic acids is 1. The van der Waals surface area contributed by atoms with Crippen molar-refractivity contribution < 1.29 is 9.90 Å². The Balaban J connectivity index is 0.00000176. The normalized spacial score (nSPS) is 15.7. The summed E-state index contributed by atoms with van der Waals surface area (Å²) in [4.78, 5) is 12.8. The van der Waals surface area contributed by atoms with Crippen LogP contribution in [0.1, 0.15) is 68.2 Å². The van der Waals surface area contributed by atoms with Crippen molar-refractivity contribution in [1.82, 2.24) is 8.87 Å². The molecule has 5 heteroatoms. The summed E-state index contributed by atoms with van der Waals surface area (Å²) in [6.45, 7) is 17.4. The zero-order valence-corrected chi connectivity index (χ0v) is 21.2. The van der Waals surface area contributed by atoms with E-state index in [4.69, 9.17) is 0 Å². The smallest absolute Gasteiger partial charge is 0.323 e. The van der Waals surface area contributed by atoms with Crippen LogP contribution in [0.3, 0.4) is 0 Å². The fraction of sp³-hybridized carbons (Fsp3) is 0.444. The number of carboxylic acid groups (broad SMARTS) is 1. The molecule has 0 radical (unpaired) electrons. The molecule has 1 N–H and O–H groups in total. The van der Waals surface area contributed by atoms with E-state index in [2.05, 4.69) is 62.0 Å². The highest BCUT2D eigenvalue weighted by molar-refractivity contribution is 7.97. The molecule has 1 unspecified atom stereocenters. The van der Waals surface area contributed by atoms with Gasteiger partial charge in [0.1, 0.15) is 6.54 Å². The fourth-order valence-electron chi connectivity index (χ4n) is 4.23. The summed E-state index contributed by atoms with van der Waals surface area (Å²) >= 11 is 1.83. The zero-order chi connectivity index (χ0) is 23.8. The van der Waals surface area contributed by atoms with Crippen molar-refractivity contribution in [2.24, 2.45) is 5.92 Å².